The molecule has 3 aromatic rings. The number of rotatable bonds is 5. The minimum absolute atomic E-state index is 0.0527. The molecule has 4 rings (SSSR count). The highest BCUT2D eigenvalue weighted by Gasteiger charge is 2.40. The first-order valence-corrected chi connectivity index (χ1v) is 11.6. The number of benzene rings is 1. The summed E-state index contributed by atoms with van der Waals surface area (Å²) in [5.74, 6) is -2.47. The highest BCUT2D eigenvalue weighted by molar-refractivity contribution is 6.37. The van der Waals surface area contributed by atoms with Crippen LogP contribution in [0, 0.1) is 5.82 Å². The lowest BCUT2D eigenvalue weighted by atomic mass is 10.1. The molecule has 1 aliphatic rings. The van der Waals surface area contributed by atoms with Crippen LogP contribution < -0.4 is 15.6 Å². The van der Waals surface area contributed by atoms with Gasteiger partial charge in [-0.05, 0) is 30.7 Å². The van der Waals surface area contributed by atoms with E-state index in [-0.39, 0.29) is 45.5 Å². The quantitative estimate of drug-likeness (QED) is 0.459. The van der Waals surface area contributed by atoms with Crippen molar-refractivity contribution >= 4 is 51.9 Å². The van der Waals surface area contributed by atoms with Crippen LogP contribution in [0.5, 0.6) is 0 Å². The van der Waals surface area contributed by atoms with Gasteiger partial charge < -0.3 is 10.4 Å². The molecule has 1 aliphatic heterocycles. The summed E-state index contributed by atoms with van der Waals surface area (Å²) >= 11 is 12.4. The van der Waals surface area contributed by atoms with E-state index < -0.39 is 53.4 Å². The number of β-amino-alcohol motifs (C(OH)–C–C–N with tert-alkyl or cyclic N) is 1. The van der Waals surface area contributed by atoms with E-state index in [1.165, 1.54) is 24.0 Å². The van der Waals surface area contributed by atoms with Crippen molar-refractivity contribution in [2.24, 2.45) is 0 Å². The fourth-order valence-corrected chi connectivity index (χ4v) is 4.64. The summed E-state index contributed by atoms with van der Waals surface area (Å²) in [6.07, 6.45) is -5.40. The predicted molar refractivity (Wildman–Crippen MR) is 128 cm³/mol. The number of pyridine rings is 2. The summed E-state index contributed by atoms with van der Waals surface area (Å²) in [5.41, 5.74) is -1.88. The third kappa shape index (κ3) is 5.13. The Morgan fingerprint density at radius 3 is 2.43 bits per heavy atom. The van der Waals surface area contributed by atoms with Crippen LogP contribution in [0.3, 0.4) is 0 Å². The van der Waals surface area contributed by atoms with Gasteiger partial charge in [0.1, 0.15) is 23.2 Å². The van der Waals surface area contributed by atoms with Gasteiger partial charge in [0.2, 0.25) is 11.3 Å². The number of aliphatic hydroxyl groups is 1. The van der Waals surface area contributed by atoms with E-state index in [1.54, 1.807) is 0 Å². The van der Waals surface area contributed by atoms with Crippen LogP contribution in [-0.4, -0.2) is 51.3 Å². The SMILES string of the molecule is CC[C@H](NC(=O)c1cn(-c2c(Cl)cc(F)cc2Cl)c2nc(N3C[C@@H](O)CC3=O)ccc2c1=O)C(F)(F)F. The maximum absolute atomic E-state index is 13.9. The van der Waals surface area contributed by atoms with Gasteiger partial charge in [-0.2, -0.15) is 13.2 Å². The van der Waals surface area contributed by atoms with Crippen molar-refractivity contribution in [1.29, 1.82) is 0 Å². The lowest BCUT2D eigenvalue weighted by Crippen LogP contribution is -2.46. The lowest BCUT2D eigenvalue weighted by molar-refractivity contribution is -0.153. The molecule has 1 fully saturated rings. The number of nitrogens with zero attached hydrogens (tertiary/aromatic N) is 3. The zero-order valence-corrected chi connectivity index (χ0v) is 20.5. The summed E-state index contributed by atoms with van der Waals surface area (Å²) in [4.78, 5) is 43.8. The fourth-order valence-electron chi connectivity index (χ4n) is 4.00. The second kappa shape index (κ2) is 9.92. The Kier molecular flexibility index (Phi) is 7.19. The zero-order valence-electron chi connectivity index (χ0n) is 18.9. The Bertz CT molecular complexity index is 1450. The number of anilines is 1. The van der Waals surface area contributed by atoms with Gasteiger partial charge in [-0.15, -0.1) is 0 Å². The molecule has 0 saturated carbocycles. The molecule has 1 aromatic carbocycles. The van der Waals surface area contributed by atoms with Gasteiger partial charge in [0.25, 0.3) is 5.91 Å². The van der Waals surface area contributed by atoms with E-state index in [0.717, 1.165) is 22.9 Å². The molecule has 196 valence electrons. The van der Waals surface area contributed by atoms with Gasteiger partial charge in [0.15, 0.2) is 5.65 Å². The van der Waals surface area contributed by atoms with E-state index in [1.807, 2.05) is 5.32 Å². The molecule has 0 bridgehead atoms. The molecule has 14 heteroatoms. The molecule has 3 heterocycles. The van der Waals surface area contributed by atoms with E-state index in [9.17, 15) is 37.1 Å². The van der Waals surface area contributed by atoms with Crippen LogP contribution in [0.4, 0.5) is 23.4 Å². The zero-order chi connectivity index (χ0) is 27.2. The van der Waals surface area contributed by atoms with Crippen LogP contribution in [0.15, 0.2) is 35.3 Å². The van der Waals surface area contributed by atoms with Crippen molar-refractivity contribution in [3.8, 4) is 5.69 Å². The summed E-state index contributed by atoms with van der Waals surface area (Å²) < 4.78 is 54.7. The molecule has 2 amide bonds. The summed E-state index contributed by atoms with van der Waals surface area (Å²) in [5, 5.41) is 10.9. The van der Waals surface area contributed by atoms with E-state index in [4.69, 9.17) is 23.2 Å². The van der Waals surface area contributed by atoms with Crippen LogP contribution in [-0.2, 0) is 4.79 Å². The topological polar surface area (TPSA) is 105 Å². The van der Waals surface area contributed by atoms with Gasteiger partial charge in [0, 0.05) is 6.20 Å². The van der Waals surface area contributed by atoms with Crippen molar-refractivity contribution in [3.63, 3.8) is 0 Å². The number of carbonyl (C=O) groups excluding carboxylic acids is 2. The van der Waals surface area contributed by atoms with Crippen LogP contribution in [0.1, 0.15) is 30.1 Å². The maximum atomic E-state index is 13.9. The molecule has 2 N–H and O–H groups in total. The fraction of sp³-hybridized carbons (Fsp3) is 0.304. The minimum atomic E-state index is -4.76. The van der Waals surface area contributed by atoms with Crippen LogP contribution in [0.2, 0.25) is 10.0 Å². The first-order chi connectivity index (χ1) is 17.3. The molecular weight excluding hydrogens is 543 g/mol. The number of aliphatic hydroxyl groups excluding tert-OH is 1. The summed E-state index contributed by atoms with van der Waals surface area (Å²) in [6, 6.07) is 2.14. The van der Waals surface area contributed by atoms with Crippen molar-refractivity contribution < 1.29 is 32.3 Å². The molecule has 0 spiro atoms. The monoisotopic (exact) mass is 560 g/mol. The predicted octanol–water partition coefficient (Wildman–Crippen LogP) is 4.00. The number of amides is 2. The normalized spacial score (nSPS) is 16.9. The molecule has 2 aromatic heterocycles. The van der Waals surface area contributed by atoms with Crippen LogP contribution in [0.25, 0.3) is 16.7 Å². The van der Waals surface area contributed by atoms with Gasteiger partial charge in [-0.1, -0.05) is 30.1 Å². The molecule has 0 aliphatic carbocycles. The third-order valence-corrected chi connectivity index (χ3v) is 6.37. The molecule has 1 saturated heterocycles. The van der Waals surface area contributed by atoms with Crippen molar-refractivity contribution in [2.75, 3.05) is 11.4 Å². The molecule has 0 unspecified atom stereocenters. The molecular formula is C23H18Cl2F4N4O4. The number of nitrogens with one attached hydrogen (secondary N) is 1. The third-order valence-electron chi connectivity index (χ3n) is 5.79. The Morgan fingerprint density at radius 2 is 1.89 bits per heavy atom. The number of hydrogen-bond donors (Lipinski definition) is 2. The standard InChI is InChI=1S/C23H18Cl2F4N4O4/c1-2-16(23(27,28)29)30-22(37)13-9-33(19-14(24)5-10(26)6-15(19)25)21-12(20(13)36)3-4-17(31-21)32-8-11(34)7-18(32)35/h3-6,9,11,16,34H,2,7-8H2,1H3,(H,30,37)/t11-,16-/m0/s1. The van der Waals surface area contributed by atoms with Gasteiger partial charge in [-0.3, -0.25) is 23.9 Å². The average Bonchev–Trinajstić information content (AvgIpc) is 3.14. The van der Waals surface area contributed by atoms with Crippen molar-refractivity contribution in [3.05, 3.63) is 62.1 Å². The molecule has 8 nitrogen and oxygen atoms in total. The number of fused-ring (bicyclic) bond motifs is 1. The average molecular weight is 561 g/mol. The van der Waals surface area contributed by atoms with E-state index in [0.29, 0.717) is 0 Å². The first kappa shape index (κ1) is 26.8. The smallest absolute Gasteiger partial charge is 0.391 e. The van der Waals surface area contributed by atoms with Crippen LogP contribution >= 0.6 is 23.2 Å². The van der Waals surface area contributed by atoms with Crippen molar-refractivity contribution in [2.45, 2.75) is 38.1 Å². The minimum Gasteiger partial charge on any atom is -0.391 e. The highest BCUT2D eigenvalue weighted by Crippen LogP contribution is 2.33. The number of aromatic nitrogens is 2. The molecule has 2 atom stereocenters. The Morgan fingerprint density at radius 1 is 1.24 bits per heavy atom. The largest absolute Gasteiger partial charge is 0.408 e. The molecule has 0 radical (unpaired) electrons. The summed E-state index contributed by atoms with van der Waals surface area (Å²) in [6.45, 7) is 1.16. The number of carbonyl (C=O) groups is 2. The van der Waals surface area contributed by atoms with Crippen molar-refractivity contribution in [1.82, 2.24) is 14.9 Å². The molecule has 37 heavy (non-hydrogen) atoms. The Labute approximate surface area is 216 Å². The van der Waals surface area contributed by atoms with Gasteiger partial charge in [-0.25, -0.2) is 9.37 Å². The number of alkyl halides is 3. The second-order valence-electron chi connectivity index (χ2n) is 8.34. The second-order valence-corrected chi connectivity index (χ2v) is 9.15. The van der Waals surface area contributed by atoms with E-state index in [2.05, 4.69) is 4.98 Å². The highest BCUT2D eigenvalue weighted by atomic mass is 35.5. The van der Waals surface area contributed by atoms with E-state index >= 15 is 0 Å². The van der Waals surface area contributed by atoms with Gasteiger partial charge in [0.05, 0.1) is 40.2 Å². The number of hydrogen-bond acceptors (Lipinski definition) is 5. The lowest BCUT2D eigenvalue weighted by Gasteiger charge is -2.21. The Hall–Kier alpha value is -3.22. The number of halogens is 6. The van der Waals surface area contributed by atoms with Gasteiger partial charge >= 0.3 is 6.18 Å². The maximum Gasteiger partial charge on any atom is 0.408 e. The first-order valence-electron chi connectivity index (χ1n) is 10.9. The summed E-state index contributed by atoms with van der Waals surface area (Å²) in [7, 11) is 0. The Balaban J connectivity index is 1.96.